The average Bonchev–Trinajstić information content (AvgIpc) is 3.14. The van der Waals surface area contributed by atoms with E-state index in [4.69, 9.17) is 0 Å². The molecule has 0 heteroatoms. The van der Waals surface area contributed by atoms with Gasteiger partial charge in [0, 0.05) is 10.8 Å². The minimum atomic E-state index is 0.346. The molecule has 0 aliphatic heterocycles. The first kappa shape index (κ1) is 18.5. The van der Waals surface area contributed by atoms with E-state index in [-0.39, 0.29) is 0 Å². The number of rotatable bonds is 2. The van der Waals surface area contributed by atoms with Crippen molar-refractivity contribution in [2.45, 2.75) is 78.1 Å². The highest BCUT2D eigenvalue weighted by Gasteiger charge is 2.67. The lowest BCUT2D eigenvalue weighted by atomic mass is 9.55. The molecule has 0 radical (unpaired) electrons. The van der Waals surface area contributed by atoms with E-state index < -0.39 is 0 Å². The van der Waals surface area contributed by atoms with Crippen LogP contribution in [0.5, 0.6) is 0 Å². The second-order valence-corrected chi connectivity index (χ2v) is 11.1. The minimum absolute atomic E-state index is 0.346. The largest absolute Gasteiger partial charge is 0.0625 e. The maximum Gasteiger partial charge on any atom is 0.00619 e. The van der Waals surface area contributed by atoms with Gasteiger partial charge in [-0.2, -0.15) is 0 Å². The first-order valence-electron chi connectivity index (χ1n) is 11.5. The van der Waals surface area contributed by atoms with Gasteiger partial charge in [-0.25, -0.2) is 0 Å². The minimum Gasteiger partial charge on any atom is -0.0625 e. The van der Waals surface area contributed by atoms with Gasteiger partial charge in [-0.15, -0.1) is 0 Å². The second-order valence-electron chi connectivity index (χ2n) is 11.1. The summed E-state index contributed by atoms with van der Waals surface area (Å²) in [5.74, 6) is 3.23. The van der Waals surface area contributed by atoms with E-state index in [0.717, 1.165) is 23.7 Å². The van der Waals surface area contributed by atoms with E-state index in [1.165, 1.54) is 47.9 Å². The van der Waals surface area contributed by atoms with Gasteiger partial charge < -0.3 is 0 Å². The van der Waals surface area contributed by atoms with Crippen molar-refractivity contribution in [2.24, 2.45) is 23.7 Å². The molecule has 148 valence electrons. The van der Waals surface area contributed by atoms with Crippen molar-refractivity contribution in [2.75, 3.05) is 0 Å². The Balaban J connectivity index is 1.85. The molecule has 0 spiro atoms. The third-order valence-corrected chi connectivity index (χ3v) is 8.92. The highest BCUT2D eigenvalue weighted by Crippen LogP contribution is 2.73. The van der Waals surface area contributed by atoms with Crippen LogP contribution in [0.3, 0.4) is 0 Å². The van der Waals surface area contributed by atoms with Crippen LogP contribution in [-0.2, 0) is 10.8 Å². The van der Waals surface area contributed by atoms with Crippen molar-refractivity contribution in [3.8, 4) is 11.1 Å². The Kier molecular flexibility index (Phi) is 3.94. The maximum absolute atomic E-state index is 2.57. The molecule has 5 rings (SSSR count). The van der Waals surface area contributed by atoms with Crippen molar-refractivity contribution in [3.05, 3.63) is 58.7 Å². The van der Waals surface area contributed by atoms with Gasteiger partial charge in [0.15, 0.2) is 0 Å². The van der Waals surface area contributed by atoms with E-state index in [0.29, 0.717) is 10.8 Å². The normalized spacial score (nSPS) is 33.0. The monoisotopic (exact) mass is 372 g/mol. The number of hydrogen-bond acceptors (Lipinski definition) is 0. The second kappa shape index (κ2) is 5.97. The fraction of sp³-hybridized carbons (Fsp3) is 0.571. The van der Waals surface area contributed by atoms with Gasteiger partial charge in [0.2, 0.25) is 0 Å². The standard InChI is InChI=1S/C28H36/c1-17(2)21-13-27-15-22(18(3)4)16-28(27,14-21)26-12-20(6)8-10-24(26)23-9-7-19(5)11-25(23)27/h7-12,17-18,21-22H,13-16H2,1-6H3. The van der Waals surface area contributed by atoms with Gasteiger partial charge >= 0.3 is 0 Å². The Hall–Kier alpha value is -1.56. The molecule has 28 heavy (non-hydrogen) atoms. The summed E-state index contributed by atoms with van der Waals surface area (Å²) in [5.41, 5.74) is 10.00. The Morgan fingerprint density at radius 1 is 0.643 bits per heavy atom. The van der Waals surface area contributed by atoms with E-state index in [9.17, 15) is 0 Å². The van der Waals surface area contributed by atoms with Gasteiger partial charge in [-0.3, -0.25) is 0 Å². The summed E-state index contributed by atoms with van der Waals surface area (Å²) in [6.07, 6.45) is 5.55. The van der Waals surface area contributed by atoms with Crippen LogP contribution in [0, 0.1) is 37.5 Å². The maximum atomic E-state index is 2.57. The number of aryl methyl sites for hydroxylation is 2. The Bertz CT molecular complexity index is 840. The van der Waals surface area contributed by atoms with Crippen LogP contribution in [-0.4, -0.2) is 0 Å². The molecule has 2 fully saturated rings. The van der Waals surface area contributed by atoms with Crippen LogP contribution in [0.1, 0.15) is 75.6 Å². The van der Waals surface area contributed by atoms with Crippen molar-refractivity contribution < 1.29 is 0 Å². The first-order chi connectivity index (χ1) is 13.3. The Morgan fingerprint density at radius 3 is 1.32 bits per heavy atom. The van der Waals surface area contributed by atoms with E-state index >= 15 is 0 Å². The van der Waals surface area contributed by atoms with E-state index in [2.05, 4.69) is 77.9 Å². The summed E-state index contributed by atoms with van der Waals surface area (Å²) in [4.78, 5) is 0. The lowest BCUT2D eigenvalue weighted by Gasteiger charge is -2.48. The predicted octanol–water partition coefficient (Wildman–Crippen LogP) is 7.59. The topological polar surface area (TPSA) is 0 Å². The highest BCUT2D eigenvalue weighted by atomic mass is 14.7. The van der Waals surface area contributed by atoms with Crippen LogP contribution in [0.2, 0.25) is 0 Å². The van der Waals surface area contributed by atoms with E-state index in [1.807, 2.05) is 0 Å². The zero-order valence-corrected chi connectivity index (χ0v) is 18.6. The third-order valence-electron chi connectivity index (χ3n) is 8.92. The van der Waals surface area contributed by atoms with Crippen molar-refractivity contribution in [3.63, 3.8) is 0 Å². The molecule has 0 N–H and O–H groups in total. The molecule has 3 aliphatic carbocycles. The van der Waals surface area contributed by atoms with Crippen LogP contribution in [0.25, 0.3) is 11.1 Å². The fourth-order valence-electron chi connectivity index (χ4n) is 7.36. The molecule has 2 saturated carbocycles. The van der Waals surface area contributed by atoms with Crippen molar-refractivity contribution >= 4 is 0 Å². The SMILES string of the molecule is Cc1ccc2c(c1)C13CC(C(C)C)CC1(CC(C(C)C)C3)c1cc(C)ccc1-2. The molecular formula is C28H36. The summed E-state index contributed by atoms with van der Waals surface area (Å²) < 4.78 is 0. The average molecular weight is 373 g/mol. The molecule has 0 bridgehead atoms. The third kappa shape index (κ3) is 2.24. The zero-order valence-electron chi connectivity index (χ0n) is 18.6. The van der Waals surface area contributed by atoms with Crippen molar-refractivity contribution in [1.82, 2.24) is 0 Å². The molecule has 3 aliphatic rings. The molecule has 0 saturated heterocycles. The molecule has 0 unspecified atom stereocenters. The summed E-state index contributed by atoms with van der Waals surface area (Å²) in [6, 6.07) is 14.7. The van der Waals surface area contributed by atoms with Crippen LogP contribution >= 0.6 is 0 Å². The van der Waals surface area contributed by atoms with Gasteiger partial charge in [-0.1, -0.05) is 75.2 Å². The molecule has 2 aromatic rings. The Labute approximate surface area is 171 Å². The lowest BCUT2D eigenvalue weighted by molar-refractivity contribution is 0.299. The van der Waals surface area contributed by atoms with Crippen molar-refractivity contribution in [1.29, 1.82) is 0 Å². The van der Waals surface area contributed by atoms with Crippen LogP contribution in [0.15, 0.2) is 36.4 Å². The number of fused-ring (bicyclic) bond motifs is 3. The molecule has 0 amide bonds. The number of hydrogen-bond donors (Lipinski definition) is 0. The van der Waals surface area contributed by atoms with Crippen LogP contribution in [0.4, 0.5) is 0 Å². The molecular weight excluding hydrogens is 336 g/mol. The molecule has 0 atom stereocenters. The molecule has 0 heterocycles. The van der Waals surface area contributed by atoms with Crippen LogP contribution < -0.4 is 0 Å². The van der Waals surface area contributed by atoms with Gasteiger partial charge in [0.1, 0.15) is 0 Å². The fourth-order valence-corrected chi connectivity index (χ4v) is 7.36. The smallest absolute Gasteiger partial charge is 0.00619 e. The quantitative estimate of drug-likeness (QED) is 0.509. The predicted molar refractivity (Wildman–Crippen MR) is 120 cm³/mol. The highest BCUT2D eigenvalue weighted by molar-refractivity contribution is 5.79. The lowest BCUT2D eigenvalue weighted by Crippen LogP contribution is -2.43. The molecule has 0 aromatic heterocycles. The number of benzene rings is 2. The first-order valence-corrected chi connectivity index (χ1v) is 11.5. The van der Waals surface area contributed by atoms with Gasteiger partial charge in [-0.05, 0) is 85.5 Å². The van der Waals surface area contributed by atoms with Gasteiger partial charge in [0.05, 0.1) is 0 Å². The molecule has 2 aromatic carbocycles. The summed E-state index contributed by atoms with van der Waals surface area (Å²) >= 11 is 0. The molecule has 0 nitrogen and oxygen atoms in total. The zero-order chi connectivity index (χ0) is 19.8. The summed E-state index contributed by atoms with van der Waals surface area (Å²) in [5, 5.41) is 0. The van der Waals surface area contributed by atoms with E-state index in [1.54, 1.807) is 11.1 Å². The summed E-state index contributed by atoms with van der Waals surface area (Å²) in [7, 11) is 0. The summed E-state index contributed by atoms with van der Waals surface area (Å²) in [6.45, 7) is 14.4. The van der Waals surface area contributed by atoms with Gasteiger partial charge in [0.25, 0.3) is 0 Å². The Morgan fingerprint density at radius 2 is 1.00 bits per heavy atom.